The minimum absolute atomic E-state index is 0.215. The second-order valence-electron chi connectivity index (χ2n) is 16.0. The predicted molar refractivity (Wildman–Crippen MR) is 247 cm³/mol. The highest BCUT2D eigenvalue weighted by molar-refractivity contribution is 7.25. The van der Waals surface area contributed by atoms with Gasteiger partial charge in [0.2, 0.25) is 0 Å². The van der Waals surface area contributed by atoms with Gasteiger partial charge in [0, 0.05) is 53.0 Å². The summed E-state index contributed by atoms with van der Waals surface area (Å²) in [4.78, 5) is 2.50. The number of rotatable bonds is 5. The number of fused-ring (bicyclic) bond motifs is 11. The van der Waals surface area contributed by atoms with Crippen LogP contribution in [0.25, 0.3) is 86.3 Å². The highest BCUT2D eigenvalue weighted by Crippen LogP contribution is 2.55. The Morgan fingerprint density at radius 1 is 0.448 bits per heavy atom. The minimum atomic E-state index is -0.215. The van der Waals surface area contributed by atoms with Crippen LogP contribution >= 0.6 is 11.3 Å². The van der Waals surface area contributed by atoms with Crippen molar-refractivity contribution in [3.63, 3.8) is 0 Å². The molecule has 0 unspecified atom stereocenters. The summed E-state index contributed by atoms with van der Waals surface area (Å²) in [5.41, 5.74) is 15.1. The molecule has 0 saturated heterocycles. The third-order valence-corrected chi connectivity index (χ3v) is 13.6. The fourth-order valence-electron chi connectivity index (χ4n) is 9.89. The van der Waals surface area contributed by atoms with Gasteiger partial charge in [-0.2, -0.15) is 0 Å². The Hall–Kier alpha value is -6.94. The van der Waals surface area contributed by atoms with Gasteiger partial charge in [0.15, 0.2) is 0 Å². The SMILES string of the molecule is CC1(C)c2ccccc2-c2cccc(N(c3ccc(-c4cccc5sc6ccccc6c45)cc3)c3ccccc3-c3cccc4oc5c6ccccc6ccc5c34)c21. The smallest absolute Gasteiger partial charge is 0.143 e. The lowest BCUT2D eigenvalue weighted by Crippen LogP contribution is -2.21. The Labute approximate surface area is 340 Å². The molecule has 0 N–H and O–H groups in total. The van der Waals surface area contributed by atoms with Crippen LogP contribution < -0.4 is 4.90 Å². The average molecular weight is 760 g/mol. The van der Waals surface area contributed by atoms with E-state index in [1.54, 1.807) is 0 Å². The molecule has 0 atom stereocenters. The Morgan fingerprint density at radius 2 is 1.10 bits per heavy atom. The molecule has 9 aromatic carbocycles. The molecule has 2 aromatic heterocycles. The van der Waals surface area contributed by atoms with Gasteiger partial charge in [0.05, 0.1) is 11.4 Å². The number of nitrogens with zero attached hydrogens (tertiary/aromatic N) is 1. The first-order valence-electron chi connectivity index (χ1n) is 20.0. The van der Waals surface area contributed by atoms with Crippen molar-refractivity contribution >= 4 is 81.3 Å². The summed E-state index contributed by atoms with van der Waals surface area (Å²) >= 11 is 1.87. The van der Waals surface area contributed by atoms with Gasteiger partial charge < -0.3 is 9.32 Å². The molecular formula is C55H37NOS. The monoisotopic (exact) mass is 759 g/mol. The normalized spacial score (nSPS) is 13.1. The van der Waals surface area contributed by atoms with Gasteiger partial charge >= 0.3 is 0 Å². The molecule has 0 amide bonds. The summed E-state index contributed by atoms with van der Waals surface area (Å²) in [6, 6.07) is 68.8. The molecule has 0 aliphatic heterocycles. The molecule has 3 heteroatoms. The molecule has 2 nitrogen and oxygen atoms in total. The summed E-state index contributed by atoms with van der Waals surface area (Å²) in [5, 5.41) is 7.20. The third kappa shape index (κ3) is 4.77. The number of benzene rings is 9. The third-order valence-electron chi connectivity index (χ3n) is 12.5. The molecule has 2 heterocycles. The molecule has 0 radical (unpaired) electrons. The van der Waals surface area contributed by atoms with Crippen molar-refractivity contribution in [2.75, 3.05) is 4.90 Å². The lowest BCUT2D eigenvalue weighted by atomic mass is 9.81. The topological polar surface area (TPSA) is 16.4 Å². The van der Waals surface area contributed by atoms with E-state index in [-0.39, 0.29) is 5.41 Å². The Balaban J connectivity index is 1.10. The van der Waals surface area contributed by atoms with E-state index in [1.807, 2.05) is 11.3 Å². The average Bonchev–Trinajstić information content (AvgIpc) is 3.93. The van der Waals surface area contributed by atoms with Crippen molar-refractivity contribution in [2.45, 2.75) is 19.3 Å². The number of hydrogen-bond donors (Lipinski definition) is 0. The van der Waals surface area contributed by atoms with Crippen LogP contribution in [-0.2, 0) is 5.41 Å². The summed E-state index contributed by atoms with van der Waals surface area (Å²) in [7, 11) is 0. The first kappa shape index (κ1) is 33.2. The van der Waals surface area contributed by atoms with Crippen molar-refractivity contribution in [3.05, 3.63) is 199 Å². The van der Waals surface area contributed by atoms with E-state index in [0.717, 1.165) is 49.8 Å². The maximum atomic E-state index is 6.71. The van der Waals surface area contributed by atoms with Crippen molar-refractivity contribution in [1.29, 1.82) is 0 Å². The molecule has 0 saturated carbocycles. The van der Waals surface area contributed by atoms with Gasteiger partial charge in [0.25, 0.3) is 0 Å². The first-order valence-corrected chi connectivity index (χ1v) is 20.8. The van der Waals surface area contributed by atoms with Crippen LogP contribution in [0.1, 0.15) is 25.0 Å². The van der Waals surface area contributed by atoms with E-state index in [4.69, 9.17) is 4.42 Å². The van der Waals surface area contributed by atoms with E-state index in [1.165, 1.54) is 64.6 Å². The summed E-state index contributed by atoms with van der Waals surface area (Å²) in [6.07, 6.45) is 0. The van der Waals surface area contributed by atoms with Gasteiger partial charge in [0.1, 0.15) is 11.2 Å². The fraction of sp³-hybridized carbons (Fsp3) is 0.0545. The predicted octanol–water partition coefficient (Wildman–Crippen LogP) is 16.2. The molecule has 274 valence electrons. The standard InChI is InChI=1S/C55H37NOS/c1-55(2)45-22-8-5-16-39(45)42-21-11-24-47(53(42)55)56(36-31-28-35(29-32-36)37-19-13-27-50-52(37)43-18-7-10-26-49(43)58-50)46-23-9-6-17-40(46)41-20-12-25-48-51(41)44-33-30-34-14-3-4-15-38(34)54(44)57-48/h3-33H,1-2H3. The van der Waals surface area contributed by atoms with Gasteiger partial charge in [-0.25, -0.2) is 0 Å². The molecule has 0 fully saturated rings. The zero-order valence-corrected chi connectivity index (χ0v) is 33.0. The molecule has 11 aromatic rings. The lowest BCUT2D eigenvalue weighted by Gasteiger charge is -2.33. The van der Waals surface area contributed by atoms with Gasteiger partial charge in [-0.3, -0.25) is 0 Å². The zero-order valence-electron chi connectivity index (χ0n) is 32.2. The van der Waals surface area contributed by atoms with Crippen molar-refractivity contribution in [2.24, 2.45) is 0 Å². The second-order valence-corrected chi connectivity index (χ2v) is 17.1. The molecule has 1 aliphatic carbocycles. The summed E-state index contributed by atoms with van der Waals surface area (Å²) in [6.45, 7) is 4.76. The maximum absolute atomic E-state index is 6.71. The summed E-state index contributed by atoms with van der Waals surface area (Å²) in [5.74, 6) is 0. The lowest BCUT2D eigenvalue weighted by molar-refractivity contribution is 0.661. The highest BCUT2D eigenvalue weighted by Gasteiger charge is 2.39. The Bertz CT molecular complexity index is 3440. The van der Waals surface area contributed by atoms with Crippen molar-refractivity contribution < 1.29 is 4.42 Å². The largest absolute Gasteiger partial charge is 0.455 e. The van der Waals surface area contributed by atoms with Gasteiger partial charge in [-0.05, 0) is 92.9 Å². The molecule has 12 rings (SSSR count). The van der Waals surface area contributed by atoms with E-state index in [2.05, 4.69) is 207 Å². The fourth-order valence-corrected chi connectivity index (χ4v) is 11.0. The first-order chi connectivity index (χ1) is 28.5. The van der Waals surface area contributed by atoms with Crippen LogP contribution in [0.4, 0.5) is 17.1 Å². The maximum Gasteiger partial charge on any atom is 0.143 e. The van der Waals surface area contributed by atoms with Crippen LogP contribution in [0.5, 0.6) is 0 Å². The number of thiophene rings is 1. The van der Waals surface area contributed by atoms with E-state index < -0.39 is 0 Å². The molecular weight excluding hydrogens is 723 g/mol. The highest BCUT2D eigenvalue weighted by atomic mass is 32.1. The molecule has 0 spiro atoms. The second kappa shape index (κ2) is 12.5. The Kier molecular flexibility index (Phi) is 7.18. The van der Waals surface area contributed by atoms with Crippen LogP contribution in [0.15, 0.2) is 192 Å². The van der Waals surface area contributed by atoms with Crippen molar-refractivity contribution in [3.8, 4) is 33.4 Å². The minimum Gasteiger partial charge on any atom is -0.455 e. The number of hydrogen-bond acceptors (Lipinski definition) is 3. The summed E-state index contributed by atoms with van der Waals surface area (Å²) < 4.78 is 9.35. The van der Waals surface area contributed by atoms with E-state index in [0.29, 0.717) is 0 Å². The van der Waals surface area contributed by atoms with E-state index >= 15 is 0 Å². The molecule has 0 bridgehead atoms. The van der Waals surface area contributed by atoms with Gasteiger partial charge in [-0.15, -0.1) is 11.3 Å². The molecule has 1 aliphatic rings. The van der Waals surface area contributed by atoms with Crippen LogP contribution in [0.2, 0.25) is 0 Å². The van der Waals surface area contributed by atoms with Crippen LogP contribution in [0.3, 0.4) is 0 Å². The van der Waals surface area contributed by atoms with Crippen molar-refractivity contribution in [1.82, 2.24) is 0 Å². The van der Waals surface area contributed by atoms with Crippen LogP contribution in [0, 0.1) is 0 Å². The quantitative estimate of drug-likeness (QED) is 0.174. The Morgan fingerprint density at radius 3 is 2.00 bits per heavy atom. The number of anilines is 3. The molecule has 58 heavy (non-hydrogen) atoms. The van der Waals surface area contributed by atoms with Gasteiger partial charge in [-0.1, -0.05) is 153 Å². The number of furan rings is 1. The zero-order chi connectivity index (χ0) is 38.5. The van der Waals surface area contributed by atoms with Crippen LogP contribution in [-0.4, -0.2) is 0 Å². The van der Waals surface area contributed by atoms with E-state index in [9.17, 15) is 0 Å². The number of para-hydroxylation sites is 1.